The van der Waals surface area contributed by atoms with Crippen molar-refractivity contribution in [1.82, 2.24) is 5.32 Å². The number of ether oxygens (including phenoxy) is 2. The zero-order valence-electron chi connectivity index (χ0n) is 15.5. The molecule has 2 aromatic rings. The minimum atomic E-state index is -0.142. The Bertz CT molecular complexity index is 703. The number of nitrogens with two attached hydrogens (primary N) is 1. The van der Waals surface area contributed by atoms with Gasteiger partial charge in [0.15, 0.2) is 11.5 Å². The highest BCUT2D eigenvalue weighted by atomic mass is 35.5. The van der Waals surface area contributed by atoms with Crippen molar-refractivity contribution in [2.24, 2.45) is 5.92 Å². The molecule has 2 rings (SSSR count). The van der Waals surface area contributed by atoms with Crippen LogP contribution in [0.1, 0.15) is 36.2 Å². The second kappa shape index (κ2) is 10.6. The van der Waals surface area contributed by atoms with Crippen LogP contribution in [0.4, 0.5) is 5.69 Å². The summed E-state index contributed by atoms with van der Waals surface area (Å²) in [6, 6.07) is 12.5. The zero-order valence-corrected chi connectivity index (χ0v) is 16.3. The summed E-state index contributed by atoms with van der Waals surface area (Å²) in [6.45, 7) is 5.38. The van der Waals surface area contributed by atoms with E-state index in [9.17, 15) is 4.79 Å². The highest BCUT2D eigenvalue weighted by Gasteiger charge is 2.09. The molecule has 142 valence electrons. The van der Waals surface area contributed by atoms with Gasteiger partial charge in [-0.2, -0.15) is 0 Å². The molecule has 0 aromatic heterocycles. The molecule has 0 saturated carbocycles. The lowest BCUT2D eigenvalue weighted by Gasteiger charge is -2.13. The molecule has 0 aliphatic rings. The van der Waals surface area contributed by atoms with Gasteiger partial charge in [0.1, 0.15) is 0 Å². The minimum absolute atomic E-state index is 0. The van der Waals surface area contributed by atoms with Crippen LogP contribution >= 0.6 is 12.4 Å². The van der Waals surface area contributed by atoms with Crippen molar-refractivity contribution >= 4 is 24.0 Å². The van der Waals surface area contributed by atoms with Crippen LogP contribution in [0.5, 0.6) is 11.5 Å². The van der Waals surface area contributed by atoms with Crippen LogP contribution in [-0.2, 0) is 6.54 Å². The summed E-state index contributed by atoms with van der Waals surface area (Å²) in [6.07, 6.45) is 0.989. The van der Waals surface area contributed by atoms with Crippen LogP contribution in [0.2, 0.25) is 0 Å². The first-order valence-corrected chi connectivity index (χ1v) is 8.43. The quantitative estimate of drug-likeness (QED) is 0.679. The molecule has 0 atom stereocenters. The van der Waals surface area contributed by atoms with Gasteiger partial charge >= 0.3 is 0 Å². The molecule has 3 N–H and O–H groups in total. The summed E-state index contributed by atoms with van der Waals surface area (Å²) < 4.78 is 11.2. The number of rotatable bonds is 8. The molecular weight excluding hydrogens is 352 g/mol. The van der Waals surface area contributed by atoms with Gasteiger partial charge in [0.25, 0.3) is 5.91 Å². The van der Waals surface area contributed by atoms with E-state index in [4.69, 9.17) is 15.2 Å². The Kier molecular flexibility index (Phi) is 8.79. The van der Waals surface area contributed by atoms with Crippen molar-refractivity contribution in [3.63, 3.8) is 0 Å². The van der Waals surface area contributed by atoms with E-state index < -0.39 is 0 Å². The van der Waals surface area contributed by atoms with E-state index in [1.165, 1.54) is 0 Å². The van der Waals surface area contributed by atoms with Gasteiger partial charge in [-0.25, -0.2) is 0 Å². The molecule has 6 heteroatoms. The van der Waals surface area contributed by atoms with Crippen molar-refractivity contribution in [2.75, 3.05) is 19.5 Å². The first kappa shape index (κ1) is 21.6. The molecule has 0 spiro atoms. The van der Waals surface area contributed by atoms with E-state index in [0.717, 1.165) is 17.7 Å². The van der Waals surface area contributed by atoms with E-state index in [0.29, 0.717) is 36.1 Å². The maximum absolute atomic E-state index is 12.1. The van der Waals surface area contributed by atoms with E-state index in [1.807, 2.05) is 18.2 Å². The lowest BCUT2D eigenvalue weighted by molar-refractivity contribution is 0.0951. The Morgan fingerprint density at radius 2 is 1.81 bits per heavy atom. The van der Waals surface area contributed by atoms with Crippen LogP contribution in [0.3, 0.4) is 0 Å². The summed E-state index contributed by atoms with van der Waals surface area (Å²) in [4.78, 5) is 12.1. The molecule has 5 nitrogen and oxygen atoms in total. The lowest BCUT2D eigenvalue weighted by Crippen LogP contribution is -2.22. The van der Waals surface area contributed by atoms with Gasteiger partial charge < -0.3 is 20.5 Å². The van der Waals surface area contributed by atoms with Gasteiger partial charge in [-0.05, 0) is 54.3 Å². The van der Waals surface area contributed by atoms with Gasteiger partial charge in [0, 0.05) is 17.8 Å². The van der Waals surface area contributed by atoms with E-state index >= 15 is 0 Å². The smallest absolute Gasteiger partial charge is 0.251 e. The van der Waals surface area contributed by atoms with Crippen LogP contribution in [0, 0.1) is 5.92 Å². The van der Waals surface area contributed by atoms with Crippen LogP contribution < -0.4 is 20.5 Å². The topological polar surface area (TPSA) is 73.6 Å². The predicted molar refractivity (Wildman–Crippen MR) is 107 cm³/mol. The van der Waals surface area contributed by atoms with Crippen LogP contribution in [0.25, 0.3) is 0 Å². The van der Waals surface area contributed by atoms with Gasteiger partial charge in [0.05, 0.1) is 13.7 Å². The molecule has 26 heavy (non-hydrogen) atoms. The van der Waals surface area contributed by atoms with Crippen LogP contribution in [0.15, 0.2) is 42.5 Å². The number of nitrogens with one attached hydrogen (secondary N) is 1. The van der Waals surface area contributed by atoms with E-state index in [-0.39, 0.29) is 18.3 Å². The molecular formula is C20H27ClN2O3. The highest BCUT2D eigenvalue weighted by Crippen LogP contribution is 2.28. The average molecular weight is 379 g/mol. The molecule has 0 aliphatic carbocycles. The summed E-state index contributed by atoms with van der Waals surface area (Å²) in [5, 5.41) is 2.89. The Hall–Kier alpha value is -2.40. The number of methoxy groups -OCH3 is 1. The van der Waals surface area contributed by atoms with Crippen molar-refractivity contribution in [1.29, 1.82) is 0 Å². The summed E-state index contributed by atoms with van der Waals surface area (Å²) in [7, 11) is 1.61. The van der Waals surface area contributed by atoms with E-state index in [2.05, 4.69) is 19.2 Å². The summed E-state index contributed by atoms with van der Waals surface area (Å²) in [5.74, 6) is 1.84. The normalized spacial score (nSPS) is 10.2. The molecule has 0 aliphatic heterocycles. The Morgan fingerprint density at radius 1 is 1.12 bits per heavy atom. The third-order valence-corrected chi connectivity index (χ3v) is 3.81. The summed E-state index contributed by atoms with van der Waals surface area (Å²) >= 11 is 0. The molecule has 1 amide bonds. The molecule has 2 aromatic carbocycles. The summed E-state index contributed by atoms with van der Waals surface area (Å²) in [5.41, 5.74) is 7.79. The van der Waals surface area contributed by atoms with Crippen molar-refractivity contribution in [3.05, 3.63) is 53.6 Å². The highest BCUT2D eigenvalue weighted by molar-refractivity contribution is 5.94. The second-order valence-electron chi connectivity index (χ2n) is 6.32. The fourth-order valence-corrected chi connectivity index (χ4v) is 2.26. The predicted octanol–water partition coefficient (Wildman–Crippen LogP) is 4.05. The fraction of sp³-hybridized carbons (Fsp3) is 0.350. The second-order valence-corrected chi connectivity index (χ2v) is 6.32. The minimum Gasteiger partial charge on any atom is -0.493 e. The lowest BCUT2D eigenvalue weighted by atomic mass is 10.1. The largest absolute Gasteiger partial charge is 0.493 e. The number of carbonyl (C=O) groups is 1. The Labute approximate surface area is 161 Å². The molecule has 0 fully saturated rings. The number of amides is 1. The van der Waals surface area contributed by atoms with Crippen molar-refractivity contribution in [3.8, 4) is 11.5 Å². The number of halogens is 1. The fourth-order valence-electron chi connectivity index (χ4n) is 2.26. The Morgan fingerprint density at radius 3 is 2.42 bits per heavy atom. The zero-order chi connectivity index (χ0) is 18.2. The number of hydrogen-bond acceptors (Lipinski definition) is 4. The van der Waals surface area contributed by atoms with Gasteiger partial charge in [-0.3, -0.25) is 4.79 Å². The van der Waals surface area contributed by atoms with Crippen LogP contribution in [-0.4, -0.2) is 19.6 Å². The number of nitrogen functional groups attached to an aromatic ring is 1. The maximum atomic E-state index is 12.1. The van der Waals surface area contributed by atoms with Crippen molar-refractivity contribution in [2.45, 2.75) is 26.8 Å². The molecule has 0 radical (unpaired) electrons. The number of hydrogen-bond donors (Lipinski definition) is 2. The van der Waals surface area contributed by atoms with E-state index in [1.54, 1.807) is 31.4 Å². The molecule has 0 heterocycles. The number of anilines is 1. The monoisotopic (exact) mass is 378 g/mol. The average Bonchev–Trinajstić information content (AvgIpc) is 2.60. The Balaban J connectivity index is 0.00000338. The third-order valence-electron chi connectivity index (χ3n) is 3.81. The molecule has 0 unspecified atom stereocenters. The molecule has 0 bridgehead atoms. The standard InChI is InChI=1S/C20H26N2O3.ClH/c1-14(2)10-11-25-18-9-4-15(12-19(18)24-3)13-22-20(23)16-5-7-17(21)8-6-16;/h4-9,12,14H,10-11,13,21H2,1-3H3,(H,22,23);1H. The SMILES string of the molecule is COc1cc(CNC(=O)c2ccc(N)cc2)ccc1OCCC(C)C.Cl. The maximum Gasteiger partial charge on any atom is 0.251 e. The first-order valence-electron chi connectivity index (χ1n) is 8.43. The third kappa shape index (κ3) is 6.48. The van der Waals surface area contributed by atoms with Crippen molar-refractivity contribution < 1.29 is 14.3 Å². The molecule has 0 saturated heterocycles. The van der Waals surface area contributed by atoms with Gasteiger partial charge in [0.2, 0.25) is 0 Å². The van der Waals surface area contributed by atoms with Gasteiger partial charge in [-0.1, -0.05) is 19.9 Å². The van der Waals surface area contributed by atoms with Gasteiger partial charge in [-0.15, -0.1) is 12.4 Å². The first-order chi connectivity index (χ1) is 12.0. The number of benzene rings is 2. The number of carbonyl (C=O) groups excluding carboxylic acids is 1.